The summed E-state index contributed by atoms with van der Waals surface area (Å²) in [6.45, 7) is 1.41. The number of hydrogen-bond donors (Lipinski definition) is 2. The SMILES string of the molecule is CN(C(=O)COCC1CCCN1)C(Cc1ccc(-c2ccccc2)cc1)C(=O)N(C)C(Cc1ccc(F)c(F)c1)C(=O)NCCc1ccccc1. The largest absolute Gasteiger partial charge is 0.370 e. The Kier molecular flexibility index (Phi) is 13.4. The van der Waals surface area contributed by atoms with Crippen LogP contribution in [0, 0.1) is 11.6 Å². The van der Waals surface area contributed by atoms with E-state index in [9.17, 15) is 23.2 Å². The predicted molar refractivity (Wildman–Crippen MR) is 194 cm³/mol. The molecule has 1 heterocycles. The van der Waals surface area contributed by atoms with Crippen LogP contribution in [-0.4, -0.2) is 86.0 Å². The molecule has 1 fully saturated rings. The number of likely N-dealkylation sites (N-methyl/N-ethyl adjacent to an activating group) is 2. The lowest BCUT2D eigenvalue weighted by molar-refractivity contribution is -0.149. The molecule has 0 aliphatic carbocycles. The van der Waals surface area contributed by atoms with Gasteiger partial charge in [-0.3, -0.25) is 14.4 Å². The van der Waals surface area contributed by atoms with Gasteiger partial charge in [-0.2, -0.15) is 0 Å². The highest BCUT2D eigenvalue weighted by molar-refractivity contribution is 5.92. The van der Waals surface area contributed by atoms with Crippen molar-refractivity contribution in [3.8, 4) is 11.1 Å². The van der Waals surface area contributed by atoms with Crippen LogP contribution >= 0.6 is 0 Å². The van der Waals surface area contributed by atoms with Crippen molar-refractivity contribution < 1.29 is 27.9 Å². The van der Waals surface area contributed by atoms with Crippen molar-refractivity contribution >= 4 is 17.7 Å². The van der Waals surface area contributed by atoms with Crippen molar-refractivity contribution in [3.63, 3.8) is 0 Å². The highest BCUT2D eigenvalue weighted by Gasteiger charge is 2.35. The number of amides is 3. The van der Waals surface area contributed by atoms with Crippen LogP contribution in [0.15, 0.2) is 103 Å². The third-order valence-corrected chi connectivity index (χ3v) is 9.43. The molecule has 1 aliphatic heterocycles. The van der Waals surface area contributed by atoms with Gasteiger partial charge in [-0.05, 0) is 65.8 Å². The lowest BCUT2D eigenvalue weighted by Gasteiger charge is -2.34. The van der Waals surface area contributed by atoms with Crippen LogP contribution in [0.25, 0.3) is 11.1 Å². The molecule has 1 aliphatic rings. The number of nitrogens with one attached hydrogen (secondary N) is 2. The first-order valence-corrected chi connectivity index (χ1v) is 17.4. The average Bonchev–Trinajstić information content (AvgIpc) is 3.68. The van der Waals surface area contributed by atoms with Gasteiger partial charge in [0.1, 0.15) is 18.7 Å². The summed E-state index contributed by atoms with van der Waals surface area (Å²) in [6, 6.07) is 29.0. The molecule has 0 saturated carbocycles. The third kappa shape index (κ3) is 10.5. The zero-order chi connectivity index (χ0) is 36.2. The number of halogens is 2. The van der Waals surface area contributed by atoms with Crippen LogP contribution in [0.3, 0.4) is 0 Å². The number of benzene rings is 4. The van der Waals surface area contributed by atoms with Gasteiger partial charge in [0.2, 0.25) is 17.7 Å². The van der Waals surface area contributed by atoms with Gasteiger partial charge in [-0.15, -0.1) is 0 Å². The fraction of sp³-hybridized carbons (Fsp3) is 0.341. The van der Waals surface area contributed by atoms with Crippen LogP contribution in [0.2, 0.25) is 0 Å². The fourth-order valence-electron chi connectivity index (χ4n) is 6.32. The second-order valence-corrected chi connectivity index (χ2v) is 13.0. The standard InChI is InChI=1S/C41H46F2N4O4/c1-46(39(48)28-51-27-34-14-9-22-44-34)38(25-30-15-18-33(19-16-30)32-12-7-4-8-13-32)41(50)47(2)37(26-31-17-20-35(42)36(43)24-31)40(49)45-23-21-29-10-5-3-6-11-29/h3-8,10-13,15-20,24,34,37-38,44H,9,14,21-23,25-28H2,1-2H3,(H,45,49). The van der Waals surface area contributed by atoms with Crippen molar-refractivity contribution in [2.45, 2.75) is 50.2 Å². The van der Waals surface area contributed by atoms with Crippen molar-refractivity contribution in [2.24, 2.45) is 0 Å². The molecule has 4 aromatic rings. The van der Waals surface area contributed by atoms with E-state index in [2.05, 4.69) is 10.6 Å². The normalized spacial score (nSPS) is 15.2. The zero-order valence-electron chi connectivity index (χ0n) is 29.2. The maximum Gasteiger partial charge on any atom is 0.249 e. The van der Waals surface area contributed by atoms with E-state index >= 15 is 0 Å². The topological polar surface area (TPSA) is 91.0 Å². The smallest absolute Gasteiger partial charge is 0.249 e. The van der Waals surface area contributed by atoms with Gasteiger partial charge in [0, 0.05) is 39.5 Å². The Hall–Kier alpha value is -4.93. The van der Waals surface area contributed by atoms with Gasteiger partial charge >= 0.3 is 0 Å². The monoisotopic (exact) mass is 696 g/mol. The Morgan fingerprint density at radius 3 is 2.10 bits per heavy atom. The first kappa shape index (κ1) is 37.3. The molecule has 8 nitrogen and oxygen atoms in total. The van der Waals surface area contributed by atoms with E-state index in [1.54, 1.807) is 7.05 Å². The number of nitrogens with zero attached hydrogens (tertiary/aromatic N) is 2. The quantitative estimate of drug-likeness (QED) is 0.168. The number of ether oxygens (including phenoxy) is 1. The Morgan fingerprint density at radius 2 is 1.43 bits per heavy atom. The summed E-state index contributed by atoms with van der Waals surface area (Å²) >= 11 is 0. The molecule has 10 heteroatoms. The van der Waals surface area contributed by atoms with E-state index in [4.69, 9.17) is 4.74 Å². The summed E-state index contributed by atoms with van der Waals surface area (Å²) in [4.78, 5) is 44.5. The lowest BCUT2D eigenvalue weighted by Crippen LogP contribution is -2.56. The minimum absolute atomic E-state index is 0.0652. The summed E-state index contributed by atoms with van der Waals surface area (Å²) in [6.07, 6.45) is 2.71. The Morgan fingerprint density at radius 1 is 0.784 bits per heavy atom. The highest BCUT2D eigenvalue weighted by Crippen LogP contribution is 2.22. The molecule has 5 rings (SSSR count). The number of carbonyl (C=O) groups is 3. The van der Waals surface area contributed by atoms with Crippen LogP contribution in [0.1, 0.15) is 29.5 Å². The van der Waals surface area contributed by atoms with E-state index in [0.717, 1.165) is 53.8 Å². The van der Waals surface area contributed by atoms with E-state index in [-0.39, 0.29) is 31.4 Å². The summed E-state index contributed by atoms with van der Waals surface area (Å²) < 4.78 is 33.8. The van der Waals surface area contributed by atoms with E-state index in [1.807, 2.05) is 84.9 Å². The average molecular weight is 697 g/mol. The third-order valence-electron chi connectivity index (χ3n) is 9.43. The molecule has 3 amide bonds. The molecule has 0 spiro atoms. The van der Waals surface area contributed by atoms with E-state index in [0.29, 0.717) is 25.1 Å². The van der Waals surface area contributed by atoms with Gasteiger partial charge in [0.05, 0.1) is 6.61 Å². The number of rotatable bonds is 16. The van der Waals surface area contributed by atoms with E-state index < -0.39 is 35.5 Å². The Balaban J connectivity index is 1.37. The molecule has 268 valence electrons. The maximum atomic E-state index is 14.5. The second-order valence-electron chi connectivity index (χ2n) is 13.0. The molecule has 0 aromatic heterocycles. The minimum Gasteiger partial charge on any atom is -0.370 e. The Labute approximate surface area is 298 Å². The minimum atomic E-state index is -1.07. The molecule has 3 atom stereocenters. The first-order chi connectivity index (χ1) is 24.7. The van der Waals surface area contributed by atoms with Gasteiger partial charge in [-0.25, -0.2) is 8.78 Å². The molecule has 51 heavy (non-hydrogen) atoms. The molecule has 3 unspecified atom stereocenters. The molecule has 4 aromatic carbocycles. The lowest BCUT2D eigenvalue weighted by atomic mass is 9.98. The van der Waals surface area contributed by atoms with Crippen molar-refractivity contribution in [1.82, 2.24) is 20.4 Å². The van der Waals surface area contributed by atoms with Gasteiger partial charge in [0.25, 0.3) is 0 Å². The molecule has 1 saturated heterocycles. The summed E-state index contributed by atoms with van der Waals surface area (Å²) in [5, 5.41) is 6.27. The number of carbonyl (C=O) groups excluding carboxylic acids is 3. The molecular weight excluding hydrogens is 650 g/mol. The predicted octanol–water partition coefficient (Wildman–Crippen LogP) is 5.20. The van der Waals surface area contributed by atoms with Crippen molar-refractivity contribution in [3.05, 3.63) is 131 Å². The van der Waals surface area contributed by atoms with Crippen LogP contribution in [0.5, 0.6) is 0 Å². The van der Waals surface area contributed by atoms with Crippen molar-refractivity contribution in [1.29, 1.82) is 0 Å². The summed E-state index contributed by atoms with van der Waals surface area (Å²) in [5.41, 5.74) is 4.26. The molecule has 2 N–H and O–H groups in total. The van der Waals surface area contributed by atoms with E-state index in [1.165, 1.54) is 22.9 Å². The summed E-state index contributed by atoms with van der Waals surface area (Å²) in [7, 11) is 3.08. The zero-order valence-corrected chi connectivity index (χ0v) is 29.2. The van der Waals surface area contributed by atoms with Gasteiger partial charge in [-0.1, -0.05) is 91.0 Å². The fourth-order valence-corrected chi connectivity index (χ4v) is 6.32. The van der Waals surface area contributed by atoms with Gasteiger partial charge in [0.15, 0.2) is 11.6 Å². The first-order valence-electron chi connectivity index (χ1n) is 17.4. The number of hydrogen-bond acceptors (Lipinski definition) is 5. The molecular formula is C41H46F2N4O4. The Bertz CT molecular complexity index is 1730. The van der Waals surface area contributed by atoms with Crippen molar-refractivity contribution in [2.75, 3.05) is 40.4 Å². The van der Waals surface area contributed by atoms with Gasteiger partial charge < -0.3 is 25.2 Å². The highest BCUT2D eigenvalue weighted by atomic mass is 19.2. The van der Waals surface area contributed by atoms with Crippen LogP contribution < -0.4 is 10.6 Å². The second kappa shape index (κ2) is 18.3. The maximum absolute atomic E-state index is 14.5. The summed E-state index contributed by atoms with van der Waals surface area (Å²) in [5.74, 6) is -3.33. The molecule has 0 bridgehead atoms. The van der Waals surface area contributed by atoms with Crippen LogP contribution in [0.4, 0.5) is 8.78 Å². The van der Waals surface area contributed by atoms with Crippen LogP contribution in [-0.2, 0) is 38.4 Å². The molecule has 0 radical (unpaired) electrons.